The number of hydrogen-bond donors (Lipinski definition) is 2. The van der Waals surface area contributed by atoms with Gasteiger partial charge in [0.1, 0.15) is 13.2 Å². The first-order chi connectivity index (χ1) is 10.7. The first-order valence-corrected chi connectivity index (χ1v) is 7.09. The van der Waals surface area contributed by atoms with Crippen molar-refractivity contribution in [1.29, 1.82) is 0 Å². The van der Waals surface area contributed by atoms with E-state index in [2.05, 4.69) is 5.32 Å². The Morgan fingerprint density at radius 3 is 2.68 bits per heavy atom. The number of anilines is 1. The van der Waals surface area contributed by atoms with Crippen LogP contribution in [0.4, 0.5) is 5.69 Å². The number of hydrogen-bond acceptors (Lipinski definition) is 4. The van der Waals surface area contributed by atoms with Crippen molar-refractivity contribution >= 4 is 11.6 Å². The highest BCUT2D eigenvalue weighted by atomic mass is 16.6. The fourth-order valence-electron chi connectivity index (χ4n) is 2.31. The van der Waals surface area contributed by atoms with E-state index in [0.717, 1.165) is 11.1 Å². The number of carbonyl (C=O) groups is 1. The van der Waals surface area contributed by atoms with Gasteiger partial charge >= 0.3 is 0 Å². The summed E-state index contributed by atoms with van der Waals surface area (Å²) < 4.78 is 10.9. The number of nitrogens with one attached hydrogen (secondary N) is 1. The van der Waals surface area contributed by atoms with Gasteiger partial charge in [0.2, 0.25) is 0 Å². The zero-order valence-electron chi connectivity index (χ0n) is 12.3. The van der Waals surface area contributed by atoms with Crippen LogP contribution in [0.15, 0.2) is 36.4 Å². The highest BCUT2D eigenvalue weighted by Gasteiger charge is 2.14. The van der Waals surface area contributed by atoms with Crippen molar-refractivity contribution in [3.8, 4) is 11.5 Å². The minimum absolute atomic E-state index is 0.0863. The van der Waals surface area contributed by atoms with Gasteiger partial charge in [0, 0.05) is 17.3 Å². The quantitative estimate of drug-likeness (QED) is 0.914. The lowest BCUT2D eigenvalue weighted by atomic mass is 10.1. The van der Waals surface area contributed by atoms with Crippen molar-refractivity contribution in [2.75, 3.05) is 18.5 Å². The van der Waals surface area contributed by atoms with Gasteiger partial charge in [0.15, 0.2) is 11.5 Å². The Bertz CT molecular complexity index is 712. The molecule has 3 rings (SSSR count). The number of aliphatic hydroxyl groups excluding tert-OH is 1. The summed E-state index contributed by atoms with van der Waals surface area (Å²) in [5.74, 6) is 1.08. The Hall–Kier alpha value is -2.53. The molecule has 0 fully saturated rings. The summed E-state index contributed by atoms with van der Waals surface area (Å²) in [5.41, 5.74) is 2.85. The standard InChI is InChI=1S/C17H17NO4/c1-11-2-3-12(8-13(11)10-19)17(20)18-14-4-5-15-16(9-14)22-7-6-21-15/h2-5,8-9,19H,6-7,10H2,1H3,(H,18,20). The van der Waals surface area contributed by atoms with Gasteiger partial charge in [-0.2, -0.15) is 0 Å². The van der Waals surface area contributed by atoms with Gasteiger partial charge in [0.05, 0.1) is 6.61 Å². The van der Waals surface area contributed by atoms with E-state index < -0.39 is 0 Å². The highest BCUT2D eigenvalue weighted by Crippen LogP contribution is 2.32. The van der Waals surface area contributed by atoms with E-state index >= 15 is 0 Å². The van der Waals surface area contributed by atoms with Crippen molar-refractivity contribution in [2.45, 2.75) is 13.5 Å². The van der Waals surface area contributed by atoms with Gasteiger partial charge in [-0.3, -0.25) is 4.79 Å². The van der Waals surface area contributed by atoms with Crippen LogP contribution in [-0.2, 0) is 6.61 Å². The SMILES string of the molecule is Cc1ccc(C(=O)Nc2ccc3c(c2)OCCO3)cc1CO. The topological polar surface area (TPSA) is 67.8 Å². The normalized spacial score (nSPS) is 12.8. The molecule has 114 valence electrons. The minimum Gasteiger partial charge on any atom is -0.486 e. The largest absolute Gasteiger partial charge is 0.486 e. The molecule has 0 atom stereocenters. The molecule has 1 aliphatic rings. The van der Waals surface area contributed by atoms with Crippen molar-refractivity contribution < 1.29 is 19.4 Å². The summed E-state index contributed by atoms with van der Waals surface area (Å²) in [7, 11) is 0. The van der Waals surface area contributed by atoms with Crippen LogP contribution in [0.5, 0.6) is 11.5 Å². The lowest BCUT2D eigenvalue weighted by molar-refractivity contribution is 0.102. The maximum absolute atomic E-state index is 12.3. The third kappa shape index (κ3) is 2.89. The highest BCUT2D eigenvalue weighted by molar-refractivity contribution is 6.04. The number of aliphatic hydroxyl groups is 1. The Morgan fingerprint density at radius 1 is 1.14 bits per heavy atom. The molecule has 22 heavy (non-hydrogen) atoms. The number of ether oxygens (including phenoxy) is 2. The van der Waals surface area contributed by atoms with Gasteiger partial charge in [-0.25, -0.2) is 0 Å². The van der Waals surface area contributed by atoms with Crippen LogP contribution in [-0.4, -0.2) is 24.2 Å². The van der Waals surface area contributed by atoms with Crippen LogP contribution in [0, 0.1) is 6.92 Å². The molecule has 0 bridgehead atoms. The van der Waals surface area contributed by atoms with Gasteiger partial charge in [-0.1, -0.05) is 6.07 Å². The summed E-state index contributed by atoms with van der Waals surface area (Å²) in [5, 5.41) is 12.1. The lowest BCUT2D eigenvalue weighted by Crippen LogP contribution is -2.16. The molecule has 2 N–H and O–H groups in total. The van der Waals surface area contributed by atoms with Gasteiger partial charge < -0.3 is 19.9 Å². The average molecular weight is 299 g/mol. The maximum atomic E-state index is 12.3. The molecule has 0 saturated carbocycles. The molecule has 0 aliphatic carbocycles. The van der Waals surface area contributed by atoms with Crippen molar-refractivity contribution in [3.05, 3.63) is 53.1 Å². The smallest absolute Gasteiger partial charge is 0.255 e. The molecule has 1 heterocycles. The summed E-state index contributed by atoms with van der Waals surface area (Å²) in [6, 6.07) is 10.5. The van der Waals surface area contributed by atoms with E-state index in [0.29, 0.717) is 36.0 Å². The fraction of sp³-hybridized carbons (Fsp3) is 0.235. The van der Waals surface area contributed by atoms with Crippen LogP contribution in [0.25, 0.3) is 0 Å². The number of aryl methyl sites for hydroxylation is 1. The Morgan fingerprint density at radius 2 is 1.91 bits per heavy atom. The maximum Gasteiger partial charge on any atom is 0.255 e. The zero-order valence-corrected chi connectivity index (χ0v) is 12.3. The van der Waals surface area contributed by atoms with Crippen LogP contribution >= 0.6 is 0 Å². The van der Waals surface area contributed by atoms with Gasteiger partial charge in [-0.05, 0) is 42.3 Å². The molecule has 1 aliphatic heterocycles. The predicted molar refractivity (Wildman–Crippen MR) is 82.5 cm³/mol. The van der Waals surface area contributed by atoms with E-state index in [1.807, 2.05) is 13.0 Å². The van der Waals surface area contributed by atoms with Gasteiger partial charge in [-0.15, -0.1) is 0 Å². The summed E-state index contributed by atoms with van der Waals surface area (Å²) in [4.78, 5) is 12.3. The third-order valence-corrected chi connectivity index (χ3v) is 3.58. The molecule has 5 nitrogen and oxygen atoms in total. The second kappa shape index (κ2) is 6.07. The monoisotopic (exact) mass is 299 g/mol. The summed E-state index contributed by atoms with van der Waals surface area (Å²) >= 11 is 0. The molecule has 0 radical (unpaired) electrons. The van der Waals surface area contributed by atoms with E-state index in [9.17, 15) is 9.90 Å². The minimum atomic E-state index is -0.230. The molecule has 1 amide bonds. The molecular formula is C17H17NO4. The Labute approximate surface area is 128 Å². The van der Waals surface area contributed by atoms with Crippen molar-refractivity contribution in [1.82, 2.24) is 0 Å². The van der Waals surface area contributed by atoms with E-state index in [1.165, 1.54) is 0 Å². The molecule has 5 heteroatoms. The average Bonchev–Trinajstić information content (AvgIpc) is 2.55. The Balaban J connectivity index is 1.79. The number of rotatable bonds is 3. The van der Waals surface area contributed by atoms with Crippen molar-refractivity contribution in [3.63, 3.8) is 0 Å². The number of benzene rings is 2. The third-order valence-electron chi connectivity index (χ3n) is 3.58. The van der Waals surface area contributed by atoms with Crippen LogP contribution in [0.2, 0.25) is 0 Å². The second-order valence-corrected chi connectivity index (χ2v) is 5.11. The Kier molecular flexibility index (Phi) is 3.98. The predicted octanol–water partition coefficient (Wildman–Crippen LogP) is 2.51. The first kappa shape index (κ1) is 14.4. The van der Waals surface area contributed by atoms with Crippen LogP contribution < -0.4 is 14.8 Å². The molecule has 2 aromatic rings. The van der Waals surface area contributed by atoms with Crippen molar-refractivity contribution in [2.24, 2.45) is 0 Å². The summed E-state index contributed by atoms with van der Waals surface area (Å²) in [6.45, 7) is 2.85. The van der Waals surface area contributed by atoms with Crippen LogP contribution in [0.3, 0.4) is 0 Å². The van der Waals surface area contributed by atoms with Gasteiger partial charge in [0.25, 0.3) is 5.91 Å². The molecule has 0 saturated heterocycles. The molecule has 2 aromatic carbocycles. The van der Waals surface area contributed by atoms with E-state index in [1.54, 1.807) is 30.3 Å². The first-order valence-electron chi connectivity index (χ1n) is 7.09. The van der Waals surface area contributed by atoms with Crippen LogP contribution in [0.1, 0.15) is 21.5 Å². The summed E-state index contributed by atoms with van der Waals surface area (Å²) in [6.07, 6.45) is 0. The number of fused-ring (bicyclic) bond motifs is 1. The molecular weight excluding hydrogens is 282 g/mol. The zero-order chi connectivity index (χ0) is 15.5. The molecule has 0 aromatic heterocycles. The molecule has 0 unspecified atom stereocenters. The fourth-order valence-corrected chi connectivity index (χ4v) is 2.31. The molecule has 0 spiro atoms. The lowest BCUT2D eigenvalue weighted by Gasteiger charge is -2.19. The number of amides is 1. The van der Waals surface area contributed by atoms with E-state index in [4.69, 9.17) is 9.47 Å². The number of carbonyl (C=O) groups excluding carboxylic acids is 1. The van der Waals surface area contributed by atoms with E-state index in [-0.39, 0.29) is 12.5 Å². The second-order valence-electron chi connectivity index (χ2n) is 5.11.